The first-order valence-corrected chi connectivity index (χ1v) is 8.94. The molecule has 2 aliphatic rings. The van der Waals surface area contributed by atoms with Crippen molar-refractivity contribution in [2.75, 3.05) is 7.11 Å². The molecule has 2 fully saturated rings. The van der Waals surface area contributed by atoms with Gasteiger partial charge in [0, 0.05) is 6.04 Å². The van der Waals surface area contributed by atoms with Crippen LogP contribution in [-0.4, -0.2) is 50.3 Å². The highest BCUT2D eigenvalue weighted by Crippen LogP contribution is 2.40. The van der Waals surface area contributed by atoms with E-state index in [1.807, 2.05) is 30.3 Å². The van der Waals surface area contributed by atoms with Gasteiger partial charge < -0.3 is 4.74 Å². The van der Waals surface area contributed by atoms with Gasteiger partial charge in [0.1, 0.15) is 6.04 Å². The van der Waals surface area contributed by atoms with E-state index in [-0.39, 0.29) is 12.0 Å². The predicted molar refractivity (Wildman–Crippen MR) is 90.9 cm³/mol. The van der Waals surface area contributed by atoms with Crippen LogP contribution in [0.5, 0.6) is 0 Å². The number of nitrogens with zero attached hydrogens (tertiary/aromatic N) is 5. The number of esters is 1. The van der Waals surface area contributed by atoms with Crippen LogP contribution in [0.1, 0.15) is 37.9 Å². The zero-order valence-electron chi connectivity index (χ0n) is 14.4. The van der Waals surface area contributed by atoms with Crippen molar-refractivity contribution >= 4 is 5.97 Å². The zero-order chi connectivity index (χ0) is 17.2. The minimum atomic E-state index is -0.195. The lowest BCUT2D eigenvalue weighted by atomic mass is 9.85. The van der Waals surface area contributed by atoms with Gasteiger partial charge in [-0.05, 0) is 47.7 Å². The summed E-state index contributed by atoms with van der Waals surface area (Å²) in [5.74, 6) is 1.18. The number of rotatable bonds is 4. The van der Waals surface area contributed by atoms with Crippen LogP contribution in [-0.2, 0) is 16.1 Å². The number of hydrogen-bond acceptors (Lipinski definition) is 6. The first-order valence-electron chi connectivity index (χ1n) is 8.94. The van der Waals surface area contributed by atoms with Gasteiger partial charge in [0.25, 0.3) is 0 Å². The van der Waals surface area contributed by atoms with Crippen LogP contribution >= 0.6 is 0 Å². The number of fused-ring (bicyclic) bond motifs is 1. The van der Waals surface area contributed by atoms with Gasteiger partial charge in [-0.25, -0.2) is 0 Å². The van der Waals surface area contributed by atoms with Crippen molar-refractivity contribution in [3.8, 4) is 5.69 Å². The van der Waals surface area contributed by atoms with Gasteiger partial charge in [0.05, 0.1) is 19.3 Å². The highest BCUT2D eigenvalue weighted by atomic mass is 16.5. The Labute approximate surface area is 147 Å². The smallest absolute Gasteiger partial charge is 0.323 e. The minimum absolute atomic E-state index is 0.145. The first-order chi connectivity index (χ1) is 12.3. The summed E-state index contributed by atoms with van der Waals surface area (Å²) in [6.45, 7) is 0.558. The Morgan fingerprint density at radius 3 is 2.84 bits per heavy atom. The zero-order valence-corrected chi connectivity index (χ0v) is 14.4. The molecule has 0 N–H and O–H groups in total. The van der Waals surface area contributed by atoms with Gasteiger partial charge in [0.2, 0.25) is 0 Å². The Kier molecular flexibility index (Phi) is 4.48. The van der Waals surface area contributed by atoms with E-state index in [0.717, 1.165) is 24.4 Å². The van der Waals surface area contributed by atoms with E-state index in [1.54, 1.807) is 4.68 Å². The summed E-state index contributed by atoms with van der Waals surface area (Å²) in [4.78, 5) is 14.6. The number of benzene rings is 1. The van der Waals surface area contributed by atoms with Crippen molar-refractivity contribution in [3.05, 3.63) is 36.2 Å². The third-order valence-corrected chi connectivity index (χ3v) is 5.55. The molecule has 1 aliphatic heterocycles. The van der Waals surface area contributed by atoms with Crippen LogP contribution in [0.2, 0.25) is 0 Å². The normalized spacial score (nSPS) is 26.4. The third-order valence-electron chi connectivity index (χ3n) is 5.55. The van der Waals surface area contributed by atoms with E-state index >= 15 is 0 Å². The molecule has 2 heterocycles. The van der Waals surface area contributed by atoms with E-state index < -0.39 is 0 Å². The summed E-state index contributed by atoms with van der Waals surface area (Å²) < 4.78 is 6.82. The van der Waals surface area contributed by atoms with Crippen LogP contribution in [0.15, 0.2) is 30.3 Å². The number of tetrazole rings is 1. The Bertz CT molecular complexity index is 732. The second-order valence-corrected chi connectivity index (χ2v) is 6.90. The minimum Gasteiger partial charge on any atom is -0.468 e. The molecule has 0 radical (unpaired) electrons. The number of para-hydroxylation sites is 1. The first kappa shape index (κ1) is 16.2. The van der Waals surface area contributed by atoms with Crippen molar-refractivity contribution in [2.24, 2.45) is 5.92 Å². The molecule has 2 aromatic rings. The Morgan fingerprint density at radius 2 is 2.04 bits per heavy atom. The number of aromatic nitrogens is 4. The Morgan fingerprint density at radius 1 is 1.24 bits per heavy atom. The fraction of sp³-hybridized carbons (Fsp3) is 0.556. The van der Waals surface area contributed by atoms with E-state index in [4.69, 9.17) is 4.74 Å². The van der Waals surface area contributed by atoms with E-state index in [9.17, 15) is 4.79 Å². The Balaban J connectivity index is 1.62. The van der Waals surface area contributed by atoms with Gasteiger partial charge in [-0.3, -0.25) is 9.69 Å². The number of hydrogen-bond donors (Lipinski definition) is 0. The fourth-order valence-corrected chi connectivity index (χ4v) is 4.39. The fourth-order valence-electron chi connectivity index (χ4n) is 4.39. The summed E-state index contributed by atoms with van der Waals surface area (Å²) in [6, 6.07) is 10.1. The number of carbonyl (C=O) groups excluding carboxylic acids is 1. The number of likely N-dealkylation sites (tertiary alicyclic amines) is 1. The number of methoxy groups -OCH3 is 1. The molecule has 25 heavy (non-hydrogen) atoms. The standard InChI is InChI=1S/C18H23N5O2/c1-25-18(24)16-11-13-7-5-6-10-15(13)22(16)12-17-19-20-21-23(17)14-8-3-2-4-9-14/h2-4,8-9,13,15-16H,5-7,10-12H2,1H3/t13-,15+,16-/m0/s1. The van der Waals surface area contributed by atoms with Crippen LogP contribution in [0, 0.1) is 5.92 Å². The van der Waals surface area contributed by atoms with Crippen molar-refractivity contribution in [1.82, 2.24) is 25.1 Å². The van der Waals surface area contributed by atoms with Gasteiger partial charge in [-0.1, -0.05) is 31.0 Å². The van der Waals surface area contributed by atoms with Crippen LogP contribution in [0.3, 0.4) is 0 Å². The highest BCUT2D eigenvalue weighted by Gasteiger charge is 2.46. The topological polar surface area (TPSA) is 73.1 Å². The summed E-state index contributed by atoms with van der Waals surface area (Å²) in [7, 11) is 1.47. The average molecular weight is 341 g/mol. The third kappa shape index (κ3) is 3.04. The maximum atomic E-state index is 12.3. The molecule has 0 bridgehead atoms. The molecule has 132 valence electrons. The molecular formula is C18H23N5O2. The van der Waals surface area contributed by atoms with Crippen LogP contribution < -0.4 is 0 Å². The quantitative estimate of drug-likeness (QED) is 0.792. The lowest BCUT2D eigenvalue weighted by Gasteiger charge is -2.32. The highest BCUT2D eigenvalue weighted by molar-refractivity contribution is 5.76. The van der Waals surface area contributed by atoms with Crippen molar-refractivity contribution in [3.63, 3.8) is 0 Å². The maximum absolute atomic E-state index is 12.3. The van der Waals surface area contributed by atoms with Crippen LogP contribution in [0.4, 0.5) is 0 Å². The molecule has 1 aliphatic carbocycles. The predicted octanol–water partition coefficient (Wildman–Crippen LogP) is 1.97. The van der Waals surface area contributed by atoms with Gasteiger partial charge >= 0.3 is 5.97 Å². The summed E-state index contributed by atoms with van der Waals surface area (Å²) >= 11 is 0. The van der Waals surface area contributed by atoms with E-state index in [1.165, 1.54) is 26.4 Å². The molecule has 0 spiro atoms. The second kappa shape index (κ2) is 6.92. The summed E-state index contributed by atoms with van der Waals surface area (Å²) in [6.07, 6.45) is 5.67. The molecule has 7 heteroatoms. The number of carbonyl (C=O) groups is 1. The molecule has 1 saturated carbocycles. The molecule has 3 atom stereocenters. The van der Waals surface area contributed by atoms with E-state index in [2.05, 4.69) is 20.4 Å². The lowest BCUT2D eigenvalue weighted by molar-refractivity contribution is -0.146. The molecule has 0 unspecified atom stereocenters. The second-order valence-electron chi connectivity index (χ2n) is 6.90. The van der Waals surface area contributed by atoms with Gasteiger partial charge in [0.15, 0.2) is 5.82 Å². The van der Waals surface area contributed by atoms with Crippen molar-refractivity contribution < 1.29 is 9.53 Å². The largest absolute Gasteiger partial charge is 0.468 e. The maximum Gasteiger partial charge on any atom is 0.323 e. The molecule has 1 aromatic carbocycles. The van der Waals surface area contributed by atoms with Gasteiger partial charge in [-0.2, -0.15) is 4.68 Å². The molecule has 1 saturated heterocycles. The molecule has 7 nitrogen and oxygen atoms in total. The average Bonchev–Trinajstić information content (AvgIpc) is 3.27. The van der Waals surface area contributed by atoms with Crippen molar-refractivity contribution in [2.45, 2.75) is 50.7 Å². The lowest BCUT2D eigenvalue weighted by Crippen LogP contribution is -2.42. The summed E-state index contributed by atoms with van der Waals surface area (Å²) in [5, 5.41) is 12.2. The SMILES string of the molecule is COC(=O)[C@@H]1C[C@@H]2CCCC[C@H]2N1Cc1nnnn1-c1ccccc1. The van der Waals surface area contributed by atoms with E-state index in [0.29, 0.717) is 18.5 Å². The molecular weight excluding hydrogens is 318 g/mol. The van der Waals surface area contributed by atoms with Crippen LogP contribution in [0.25, 0.3) is 5.69 Å². The molecule has 4 rings (SSSR count). The number of ether oxygens (including phenoxy) is 1. The molecule has 1 aromatic heterocycles. The van der Waals surface area contributed by atoms with Crippen molar-refractivity contribution in [1.29, 1.82) is 0 Å². The summed E-state index contributed by atoms with van der Waals surface area (Å²) in [5.41, 5.74) is 0.927. The monoisotopic (exact) mass is 341 g/mol. The Hall–Kier alpha value is -2.28. The van der Waals surface area contributed by atoms with Gasteiger partial charge in [-0.15, -0.1) is 5.10 Å². The molecule has 0 amide bonds.